The van der Waals surface area contributed by atoms with Crippen LogP contribution >= 0.6 is 0 Å². The van der Waals surface area contributed by atoms with Gasteiger partial charge in [0.05, 0.1) is 0 Å². The van der Waals surface area contributed by atoms with Crippen molar-refractivity contribution in [2.24, 2.45) is 5.92 Å². The number of rotatable bonds is 6. The van der Waals surface area contributed by atoms with E-state index in [9.17, 15) is 0 Å². The molecule has 0 bridgehead atoms. The summed E-state index contributed by atoms with van der Waals surface area (Å²) in [6.07, 6.45) is 8.04. The molecule has 1 atom stereocenters. The van der Waals surface area contributed by atoms with Crippen molar-refractivity contribution in [3.63, 3.8) is 0 Å². The number of nitrogens with zero attached hydrogens (tertiary/aromatic N) is 2. The summed E-state index contributed by atoms with van der Waals surface area (Å²) < 4.78 is 0. The summed E-state index contributed by atoms with van der Waals surface area (Å²) in [6.45, 7) is 7.19. The third kappa shape index (κ3) is 4.09. The van der Waals surface area contributed by atoms with E-state index in [0.717, 1.165) is 36.3 Å². The average Bonchev–Trinajstić information content (AvgIpc) is 2.45. The zero-order valence-corrected chi connectivity index (χ0v) is 13.1. The van der Waals surface area contributed by atoms with Crippen LogP contribution in [0.5, 0.6) is 0 Å². The Labute approximate surface area is 122 Å². The van der Waals surface area contributed by atoms with E-state index in [-0.39, 0.29) is 0 Å². The van der Waals surface area contributed by atoms with Crippen molar-refractivity contribution in [3.8, 4) is 0 Å². The smallest absolute Gasteiger partial charge is 0.132 e. The fraction of sp³-hybridized carbons (Fsp3) is 0.750. The van der Waals surface area contributed by atoms with E-state index in [4.69, 9.17) is 0 Å². The van der Waals surface area contributed by atoms with Crippen LogP contribution in [0, 0.1) is 12.8 Å². The first-order valence-electron chi connectivity index (χ1n) is 8.09. The molecule has 1 fully saturated rings. The monoisotopic (exact) mass is 276 g/mol. The SMILES string of the molecule is CCNc1cc(NC(CC)C2CCCCC2)nc(C)n1. The molecule has 0 radical (unpaired) electrons. The first kappa shape index (κ1) is 15.1. The van der Waals surface area contributed by atoms with Gasteiger partial charge in [-0.15, -0.1) is 0 Å². The van der Waals surface area contributed by atoms with Gasteiger partial charge < -0.3 is 10.6 Å². The van der Waals surface area contributed by atoms with E-state index in [2.05, 4.69) is 34.4 Å². The molecule has 0 aromatic carbocycles. The molecule has 0 aliphatic heterocycles. The highest BCUT2D eigenvalue weighted by Crippen LogP contribution is 2.29. The molecule has 1 aliphatic carbocycles. The van der Waals surface area contributed by atoms with E-state index in [0.29, 0.717) is 6.04 Å². The minimum atomic E-state index is 0.541. The second kappa shape index (κ2) is 7.46. The fourth-order valence-corrected chi connectivity index (χ4v) is 3.19. The molecule has 1 aromatic rings. The number of hydrogen-bond donors (Lipinski definition) is 2. The molecule has 0 spiro atoms. The Bertz CT molecular complexity index is 413. The maximum absolute atomic E-state index is 4.54. The van der Waals surface area contributed by atoms with Gasteiger partial charge in [0.2, 0.25) is 0 Å². The van der Waals surface area contributed by atoms with Gasteiger partial charge in [0.25, 0.3) is 0 Å². The summed E-state index contributed by atoms with van der Waals surface area (Å²) in [5, 5.41) is 6.92. The van der Waals surface area contributed by atoms with Gasteiger partial charge in [-0.25, -0.2) is 9.97 Å². The molecule has 1 aliphatic rings. The van der Waals surface area contributed by atoms with Crippen molar-refractivity contribution < 1.29 is 0 Å². The minimum absolute atomic E-state index is 0.541. The summed E-state index contributed by atoms with van der Waals surface area (Å²) in [5.41, 5.74) is 0. The summed E-state index contributed by atoms with van der Waals surface area (Å²) in [7, 11) is 0. The molecule has 2 rings (SSSR count). The predicted molar refractivity (Wildman–Crippen MR) is 85.2 cm³/mol. The molecule has 112 valence electrons. The van der Waals surface area contributed by atoms with Crippen molar-refractivity contribution in [2.45, 2.75) is 65.3 Å². The van der Waals surface area contributed by atoms with Crippen molar-refractivity contribution in [2.75, 3.05) is 17.2 Å². The highest BCUT2D eigenvalue weighted by atomic mass is 15.1. The van der Waals surface area contributed by atoms with Crippen LogP contribution in [0.2, 0.25) is 0 Å². The third-order valence-electron chi connectivity index (χ3n) is 4.19. The summed E-state index contributed by atoms with van der Waals surface area (Å²) >= 11 is 0. The van der Waals surface area contributed by atoms with Crippen LogP contribution in [0.1, 0.15) is 58.2 Å². The first-order chi connectivity index (χ1) is 9.72. The van der Waals surface area contributed by atoms with Crippen LogP contribution in [-0.2, 0) is 0 Å². The second-order valence-electron chi connectivity index (χ2n) is 5.77. The van der Waals surface area contributed by atoms with Crippen LogP contribution in [0.4, 0.5) is 11.6 Å². The Morgan fingerprint density at radius 1 is 1.15 bits per heavy atom. The zero-order chi connectivity index (χ0) is 14.4. The molecule has 4 nitrogen and oxygen atoms in total. The molecule has 1 aromatic heterocycles. The van der Waals surface area contributed by atoms with Crippen LogP contribution < -0.4 is 10.6 Å². The Morgan fingerprint density at radius 3 is 2.50 bits per heavy atom. The summed E-state index contributed by atoms with van der Waals surface area (Å²) in [6, 6.07) is 2.57. The lowest BCUT2D eigenvalue weighted by Gasteiger charge is -2.30. The van der Waals surface area contributed by atoms with Crippen molar-refractivity contribution in [1.82, 2.24) is 9.97 Å². The molecule has 0 amide bonds. The standard InChI is InChI=1S/C16H28N4/c1-4-14(13-9-7-6-8-10-13)20-16-11-15(17-5-2)18-12(3)19-16/h11,13-14H,4-10H2,1-3H3,(H2,17,18,19,20). The Morgan fingerprint density at radius 2 is 1.85 bits per heavy atom. The van der Waals surface area contributed by atoms with Gasteiger partial charge in [0.15, 0.2) is 0 Å². The Kier molecular flexibility index (Phi) is 5.62. The van der Waals surface area contributed by atoms with Crippen LogP contribution in [0.15, 0.2) is 6.07 Å². The van der Waals surface area contributed by atoms with Gasteiger partial charge in [-0.3, -0.25) is 0 Å². The molecule has 1 unspecified atom stereocenters. The van der Waals surface area contributed by atoms with Gasteiger partial charge in [-0.2, -0.15) is 0 Å². The number of aryl methyl sites for hydroxylation is 1. The number of hydrogen-bond acceptors (Lipinski definition) is 4. The van der Waals surface area contributed by atoms with Crippen LogP contribution in [0.3, 0.4) is 0 Å². The molecule has 0 saturated heterocycles. The molecule has 1 saturated carbocycles. The maximum Gasteiger partial charge on any atom is 0.132 e. The van der Waals surface area contributed by atoms with Crippen molar-refractivity contribution >= 4 is 11.6 Å². The number of nitrogens with one attached hydrogen (secondary N) is 2. The van der Waals surface area contributed by atoms with Gasteiger partial charge in [0, 0.05) is 18.7 Å². The summed E-state index contributed by atoms with van der Waals surface area (Å²) in [4.78, 5) is 8.94. The topological polar surface area (TPSA) is 49.8 Å². The number of aromatic nitrogens is 2. The number of anilines is 2. The molecule has 1 heterocycles. The second-order valence-corrected chi connectivity index (χ2v) is 5.77. The summed E-state index contributed by atoms with van der Waals surface area (Å²) in [5.74, 6) is 3.50. The maximum atomic E-state index is 4.54. The molecule has 20 heavy (non-hydrogen) atoms. The van der Waals surface area contributed by atoms with E-state index in [1.807, 2.05) is 13.0 Å². The minimum Gasteiger partial charge on any atom is -0.370 e. The molecule has 2 N–H and O–H groups in total. The van der Waals surface area contributed by atoms with E-state index in [1.54, 1.807) is 0 Å². The quantitative estimate of drug-likeness (QED) is 0.825. The Balaban J connectivity index is 2.06. The fourth-order valence-electron chi connectivity index (χ4n) is 3.19. The highest BCUT2D eigenvalue weighted by molar-refractivity contribution is 5.48. The molecular weight excluding hydrogens is 248 g/mol. The van der Waals surface area contributed by atoms with E-state index < -0.39 is 0 Å². The highest BCUT2D eigenvalue weighted by Gasteiger charge is 2.22. The Hall–Kier alpha value is -1.32. The third-order valence-corrected chi connectivity index (χ3v) is 4.19. The lowest BCUT2D eigenvalue weighted by molar-refractivity contribution is 0.312. The average molecular weight is 276 g/mol. The van der Waals surface area contributed by atoms with Crippen LogP contribution in [0.25, 0.3) is 0 Å². The first-order valence-corrected chi connectivity index (χ1v) is 8.09. The van der Waals surface area contributed by atoms with Crippen molar-refractivity contribution in [1.29, 1.82) is 0 Å². The molecular formula is C16H28N4. The van der Waals surface area contributed by atoms with E-state index in [1.165, 1.54) is 32.1 Å². The zero-order valence-electron chi connectivity index (χ0n) is 13.1. The van der Waals surface area contributed by atoms with Crippen molar-refractivity contribution in [3.05, 3.63) is 11.9 Å². The van der Waals surface area contributed by atoms with Crippen LogP contribution in [-0.4, -0.2) is 22.6 Å². The lowest BCUT2D eigenvalue weighted by atomic mass is 9.83. The molecule has 4 heteroatoms. The van der Waals surface area contributed by atoms with Gasteiger partial charge in [-0.05, 0) is 39.0 Å². The normalized spacial score (nSPS) is 17.8. The lowest BCUT2D eigenvalue weighted by Crippen LogP contribution is -2.30. The van der Waals surface area contributed by atoms with Gasteiger partial charge in [0.1, 0.15) is 17.5 Å². The van der Waals surface area contributed by atoms with Gasteiger partial charge in [-0.1, -0.05) is 26.2 Å². The largest absolute Gasteiger partial charge is 0.370 e. The van der Waals surface area contributed by atoms with E-state index >= 15 is 0 Å². The predicted octanol–water partition coefficient (Wildman–Crippen LogP) is 3.99. The van der Waals surface area contributed by atoms with Gasteiger partial charge >= 0.3 is 0 Å².